The van der Waals surface area contributed by atoms with Crippen molar-refractivity contribution in [3.8, 4) is 0 Å². The Morgan fingerprint density at radius 2 is 1.61 bits per heavy atom. The standard InChI is InChI=1S/C24H35BrO3/c1-4-11-23(19-25)22(18-24(27-15-5-2)28-16-6-3)14-10-17-26-20-21-12-8-7-9-13-21/h4-9,12-13,22-24H,1-3,10-11,14-20H2/t22-,23-/m1/s1. The van der Waals surface area contributed by atoms with Crippen LogP contribution in [0.15, 0.2) is 68.3 Å². The van der Waals surface area contributed by atoms with Crippen molar-refractivity contribution in [3.05, 3.63) is 73.9 Å². The van der Waals surface area contributed by atoms with E-state index < -0.39 is 0 Å². The Labute approximate surface area is 179 Å². The van der Waals surface area contributed by atoms with Crippen molar-refractivity contribution in [2.75, 3.05) is 25.2 Å². The maximum atomic E-state index is 5.86. The van der Waals surface area contributed by atoms with Gasteiger partial charge in [-0.2, -0.15) is 0 Å². The summed E-state index contributed by atoms with van der Waals surface area (Å²) in [6, 6.07) is 10.3. The number of halogens is 1. The lowest BCUT2D eigenvalue weighted by Crippen LogP contribution is -2.26. The average Bonchev–Trinajstić information content (AvgIpc) is 2.73. The van der Waals surface area contributed by atoms with Gasteiger partial charge in [-0.3, -0.25) is 0 Å². The second-order valence-electron chi connectivity index (χ2n) is 6.79. The van der Waals surface area contributed by atoms with E-state index in [-0.39, 0.29) is 6.29 Å². The van der Waals surface area contributed by atoms with Crippen LogP contribution in [0.1, 0.15) is 31.2 Å². The molecule has 0 aliphatic rings. The summed E-state index contributed by atoms with van der Waals surface area (Å²) >= 11 is 3.67. The van der Waals surface area contributed by atoms with E-state index in [1.807, 2.05) is 24.3 Å². The van der Waals surface area contributed by atoms with E-state index in [0.29, 0.717) is 31.7 Å². The van der Waals surface area contributed by atoms with Crippen molar-refractivity contribution in [1.29, 1.82) is 0 Å². The largest absolute Gasteiger partial charge is 0.377 e. The normalized spacial score (nSPS) is 13.2. The first kappa shape index (κ1) is 24.8. The maximum absolute atomic E-state index is 5.86. The van der Waals surface area contributed by atoms with Crippen LogP contribution < -0.4 is 0 Å². The van der Waals surface area contributed by atoms with Gasteiger partial charge < -0.3 is 14.2 Å². The van der Waals surface area contributed by atoms with Gasteiger partial charge in [0.25, 0.3) is 0 Å². The quantitative estimate of drug-likeness (QED) is 0.113. The zero-order chi connectivity index (χ0) is 20.5. The second-order valence-corrected chi connectivity index (χ2v) is 7.44. The lowest BCUT2D eigenvalue weighted by molar-refractivity contribution is -0.140. The molecular weight excluding hydrogens is 416 g/mol. The Morgan fingerprint density at radius 3 is 2.18 bits per heavy atom. The number of rotatable bonds is 18. The van der Waals surface area contributed by atoms with Gasteiger partial charge in [0.1, 0.15) is 0 Å². The molecule has 0 saturated heterocycles. The number of hydrogen-bond acceptors (Lipinski definition) is 3. The topological polar surface area (TPSA) is 27.7 Å². The van der Waals surface area contributed by atoms with E-state index >= 15 is 0 Å². The molecule has 0 unspecified atom stereocenters. The number of benzene rings is 1. The molecule has 0 aliphatic carbocycles. The van der Waals surface area contributed by atoms with Crippen molar-refractivity contribution >= 4 is 15.9 Å². The summed E-state index contributed by atoms with van der Waals surface area (Å²) in [6.45, 7) is 13.8. The molecule has 28 heavy (non-hydrogen) atoms. The zero-order valence-electron chi connectivity index (χ0n) is 16.9. The molecule has 0 radical (unpaired) electrons. The molecule has 0 bridgehead atoms. The molecule has 2 atom stereocenters. The Balaban J connectivity index is 2.55. The second kappa shape index (κ2) is 16.7. The summed E-state index contributed by atoms with van der Waals surface area (Å²) in [5, 5.41) is 0.935. The summed E-state index contributed by atoms with van der Waals surface area (Å²) in [6.07, 6.45) is 9.12. The van der Waals surface area contributed by atoms with Crippen molar-refractivity contribution in [2.45, 2.75) is 38.6 Å². The third-order valence-corrected chi connectivity index (χ3v) is 5.44. The maximum Gasteiger partial charge on any atom is 0.158 e. The van der Waals surface area contributed by atoms with Crippen LogP contribution in [-0.4, -0.2) is 31.4 Å². The molecule has 0 N–H and O–H groups in total. The summed E-state index contributed by atoms with van der Waals surface area (Å²) in [5.41, 5.74) is 1.21. The third-order valence-electron chi connectivity index (χ3n) is 4.60. The first-order valence-electron chi connectivity index (χ1n) is 9.98. The van der Waals surface area contributed by atoms with Crippen molar-refractivity contribution in [3.63, 3.8) is 0 Å². The van der Waals surface area contributed by atoms with Gasteiger partial charge in [-0.15, -0.1) is 19.7 Å². The molecular formula is C24H35BrO3. The van der Waals surface area contributed by atoms with Crippen LogP contribution >= 0.6 is 15.9 Å². The molecule has 0 fully saturated rings. The molecule has 1 aromatic rings. The zero-order valence-corrected chi connectivity index (χ0v) is 18.5. The Morgan fingerprint density at radius 1 is 0.929 bits per heavy atom. The van der Waals surface area contributed by atoms with Crippen molar-refractivity contribution < 1.29 is 14.2 Å². The smallest absolute Gasteiger partial charge is 0.158 e. The summed E-state index contributed by atoms with van der Waals surface area (Å²) in [5.74, 6) is 0.950. The van der Waals surface area contributed by atoms with E-state index in [9.17, 15) is 0 Å². The summed E-state index contributed by atoms with van der Waals surface area (Å²) in [4.78, 5) is 0. The highest BCUT2D eigenvalue weighted by atomic mass is 79.9. The fraction of sp³-hybridized carbons (Fsp3) is 0.500. The summed E-state index contributed by atoms with van der Waals surface area (Å²) in [7, 11) is 0. The Bertz CT molecular complexity index is 520. The van der Waals surface area contributed by atoms with Crippen molar-refractivity contribution in [1.82, 2.24) is 0 Å². The van der Waals surface area contributed by atoms with Crippen LogP contribution in [0.4, 0.5) is 0 Å². The highest BCUT2D eigenvalue weighted by Crippen LogP contribution is 2.29. The van der Waals surface area contributed by atoms with Gasteiger partial charge >= 0.3 is 0 Å². The molecule has 1 rings (SSSR count). The predicted molar refractivity (Wildman–Crippen MR) is 122 cm³/mol. The van der Waals surface area contributed by atoms with E-state index in [0.717, 1.165) is 37.6 Å². The molecule has 156 valence electrons. The number of hydrogen-bond donors (Lipinski definition) is 0. The third kappa shape index (κ3) is 11.0. The van der Waals surface area contributed by atoms with E-state index in [4.69, 9.17) is 14.2 Å². The van der Waals surface area contributed by atoms with Gasteiger partial charge in [0.15, 0.2) is 6.29 Å². The highest BCUT2D eigenvalue weighted by molar-refractivity contribution is 9.09. The van der Waals surface area contributed by atoms with Gasteiger partial charge in [-0.05, 0) is 36.7 Å². The van der Waals surface area contributed by atoms with Crippen LogP contribution in [-0.2, 0) is 20.8 Å². The molecule has 4 heteroatoms. The highest BCUT2D eigenvalue weighted by Gasteiger charge is 2.24. The van der Waals surface area contributed by atoms with Crippen LogP contribution in [0.2, 0.25) is 0 Å². The van der Waals surface area contributed by atoms with Gasteiger partial charge in [0, 0.05) is 18.4 Å². The minimum absolute atomic E-state index is 0.252. The molecule has 0 aliphatic heterocycles. The minimum Gasteiger partial charge on any atom is -0.377 e. The van der Waals surface area contributed by atoms with Gasteiger partial charge in [-0.25, -0.2) is 0 Å². The molecule has 0 amide bonds. The number of ether oxygens (including phenoxy) is 3. The van der Waals surface area contributed by atoms with Gasteiger partial charge in [0.05, 0.1) is 19.8 Å². The van der Waals surface area contributed by atoms with Crippen LogP contribution in [0.3, 0.4) is 0 Å². The van der Waals surface area contributed by atoms with E-state index in [1.54, 1.807) is 12.2 Å². The predicted octanol–water partition coefficient (Wildman–Crippen LogP) is 6.31. The van der Waals surface area contributed by atoms with Crippen LogP contribution in [0.25, 0.3) is 0 Å². The van der Waals surface area contributed by atoms with Gasteiger partial charge in [-0.1, -0.05) is 64.5 Å². The molecule has 0 saturated carbocycles. The van der Waals surface area contributed by atoms with E-state index in [1.165, 1.54) is 5.56 Å². The number of allylic oxidation sites excluding steroid dienone is 1. The molecule has 1 aromatic carbocycles. The van der Waals surface area contributed by atoms with Gasteiger partial charge in [0.2, 0.25) is 0 Å². The fourth-order valence-corrected chi connectivity index (χ4v) is 3.93. The fourth-order valence-electron chi connectivity index (χ4n) is 3.14. The van der Waals surface area contributed by atoms with Crippen LogP contribution in [0.5, 0.6) is 0 Å². The Kier molecular flexibility index (Phi) is 14.8. The minimum atomic E-state index is -0.252. The van der Waals surface area contributed by atoms with Crippen LogP contribution in [0, 0.1) is 11.8 Å². The average molecular weight is 451 g/mol. The van der Waals surface area contributed by atoms with E-state index in [2.05, 4.69) is 47.8 Å². The molecule has 3 nitrogen and oxygen atoms in total. The Hall–Kier alpha value is -1.20. The summed E-state index contributed by atoms with van der Waals surface area (Å²) < 4.78 is 17.5. The lowest BCUT2D eigenvalue weighted by atomic mass is 9.84. The SMILES string of the molecule is C=CCOC(C[C@@H](CCCOCc1ccccc1)[C@@H](CBr)CC=C)OCC=C. The molecule has 0 heterocycles. The first-order valence-corrected chi connectivity index (χ1v) is 11.1. The molecule has 0 aromatic heterocycles. The van der Waals surface area contributed by atoms with Crippen molar-refractivity contribution in [2.24, 2.45) is 11.8 Å². The number of alkyl halides is 1. The first-order chi connectivity index (χ1) is 13.7. The molecule has 0 spiro atoms. The lowest BCUT2D eigenvalue weighted by Gasteiger charge is -2.29. The monoisotopic (exact) mass is 450 g/mol.